The summed E-state index contributed by atoms with van der Waals surface area (Å²) in [4.78, 5) is 12.0. The minimum absolute atomic E-state index is 0.00427. The van der Waals surface area contributed by atoms with Crippen LogP contribution in [0, 0.1) is 11.7 Å². The zero-order chi connectivity index (χ0) is 20.5. The smallest absolute Gasteiger partial charge is 0.316 e. The van der Waals surface area contributed by atoms with Crippen molar-refractivity contribution in [3.05, 3.63) is 23.5 Å². The van der Waals surface area contributed by atoms with E-state index in [0.29, 0.717) is 5.56 Å². The van der Waals surface area contributed by atoms with Crippen molar-refractivity contribution in [1.29, 1.82) is 0 Å². The molecule has 5 nitrogen and oxygen atoms in total. The summed E-state index contributed by atoms with van der Waals surface area (Å²) in [6.45, 7) is 0.0183. The second-order valence-electron chi connectivity index (χ2n) is 7.00. The summed E-state index contributed by atoms with van der Waals surface area (Å²) in [5.74, 6) is -11.2. The number of carbonyl (C=O) groups is 1. The number of carbonyl (C=O) groups excluding carboxylic acids is 1. The van der Waals surface area contributed by atoms with Crippen LogP contribution >= 0.6 is 0 Å². The van der Waals surface area contributed by atoms with E-state index < -0.39 is 36.6 Å². The third-order valence-corrected chi connectivity index (χ3v) is 5.11. The molecule has 1 amide bonds. The van der Waals surface area contributed by atoms with Gasteiger partial charge in [0.15, 0.2) is 11.6 Å². The lowest BCUT2D eigenvalue weighted by atomic mass is 9.77. The Morgan fingerprint density at radius 3 is 2.61 bits per heavy atom. The lowest BCUT2D eigenvalue weighted by molar-refractivity contribution is -0.317. The van der Waals surface area contributed by atoms with E-state index >= 15 is 0 Å². The lowest BCUT2D eigenvalue weighted by Gasteiger charge is -2.43. The third-order valence-electron chi connectivity index (χ3n) is 5.11. The van der Waals surface area contributed by atoms with Crippen molar-refractivity contribution in [3.8, 4) is 11.5 Å². The monoisotopic (exact) mass is 408 g/mol. The first kappa shape index (κ1) is 20.6. The minimum Gasteiger partial charge on any atom is -0.496 e. The first-order valence-corrected chi connectivity index (χ1v) is 8.91. The minimum atomic E-state index is -4.17. The predicted molar refractivity (Wildman–Crippen MR) is 89.3 cm³/mol. The van der Waals surface area contributed by atoms with E-state index in [4.69, 9.17) is 9.47 Å². The number of methoxy groups -OCH3 is 1. The summed E-state index contributed by atoms with van der Waals surface area (Å²) >= 11 is 0. The van der Waals surface area contributed by atoms with E-state index in [0.717, 1.165) is 31.5 Å². The van der Waals surface area contributed by atoms with Crippen LogP contribution in [0.25, 0.3) is 0 Å². The average Bonchev–Trinajstić information content (AvgIpc) is 3.18. The van der Waals surface area contributed by atoms with Gasteiger partial charge in [0.05, 0.1) is 25.7 Å². The summed E-state index contributed by atoms with van der Waals surface area (Å²) in [6, 6.07) is 1.92. The van der Waals surface area contributed by atoms with E-state index in [9.17, 15) is 26.7 Å². The normalized spacial score (nSPS) is 25.1. The molecule has 2 N–H and O–H groups in total. The first-order valence-electron chi connectivity index (χ1n) is 8.91. The van der Waals surface area contributed by atoms with Crippen molar-refractivity contribution in [1.82, 2.24) is 10.6 Å². The average molecular weight is 408 g/mol. The van der Waals surface area contributed by atoms with Crippen LogP contribution in [0.5, 0.6) is 11.5 Å². The second kappa shape index (κ2) is 7.73. The highest BCUT2D eigenvalue weighted by Crippen LogP contribution is 2.55. The number of hydrogen-bond donors (Lipinski definition) is 2. The van der Waals surface area contributed by atoms with Crippen molar-refractivity contribution < 1.29 is 36.2 Å². The topological polar surface area (TPSA) is 59.6 Å². The molecule has 1 aliphatic carbocycles. The van der Waals surface area contributed by atoms with Gasteiger partial charge < -0.3 is 20.1 Å². The number of halogens is 5. The zero-order valence-corrected chi connectivity index (χ0v) is 15.2. The molecule has 2 fully saturated rings. The van der Waals surface area contributed by atoms with Crippen LogP contribution in [0.2, 0.25) is 0 Å². The molecule has 1 heterocycles. The molecule has 2 atom stereocenters. The van der Waals surface area contributed by atoms with Crippen LogP contribution in [0.3, 0.4) is 0 Å². The maximum Gasteiger partial charge on any atom is 0.316 e. The van der Waals surface area contributed by atoms with Gasteiger partial charge in [0.1, 0.15) is 5.75 Å². The number of alkyl halides is 4. The Morgan fingerprint density at radius 1 is 1.29 bits per heavy atom. The molecule has 0 aromatic heterocycles. The molecule has 2 unspecified atom stereocenters. The number of benzene rings is 1. The quantitative estimate of drug-likeness (QED) is 0.682. The lowest BCUT2D eigenvalue weighted by Crippen LogP contribution is -2.60. The Morgan fingerprint density at radius 2 is 2.04 bits per heavy atom. The molecule has 1 saturated carbocycles. The van der Waals surface area contributed by atoms with Gasteiger partial charge in [-0.3, -0.25) is 4.79 Å². The molecule has 1 aromatic carbocycles. The molecular formula is C18H21F5N2O3. The Hall–Kier alpha value is -2.10. The number of rotatable bonds is 7. The van der Waals surface area contributed by atoms with Crippen molar-refractivity contribution in [2.45, 2.75) is 43.7 Å². The van der Waals surface area contributed by atoms with E-state index in [1.54, 1.807) is 0 Å². The molecule has 0 radical (unpaired) electrons. The summed E-state index contributed by atoms with van der Waals surface area (Å²) in [7, 11) is 1.32. The van der Waals surface area contributed by atoms with Crippen LogP contribution in [0.4, 0.5) is 22.0 Å². The van der Waals surface area contributed by atoms with Crippen molar-refractivity contribution in [2.75, 3.05) is 20.3 Å². The largest absolute Gasteiger partial charge is 0.496 e. The molecular weight excluding hydrogens is 387 g/mol. The SMILES string of the molecule is COc1cc(OCC2CC(F)(F)C2(F)F)c(F)cc1CNC(=O)C1CCCN1. The number of hydrogen-bond acceptors (Lipinski definition) is 4. The molecule has 0 spiro atoms. The maximum atomic E-state index is 14.3. The Kier molecular flexibility index (Phi) is 5.69. The van der Waals surface area contributed by atoms with Crippen LogP contribution in [-0.2, 0) is 11.3 Å². The van der Waals surface area contributed by atoms with E-state index in [2.05, 4.69) is 10.6 Å². The number of ether oxygens (including phenoxy) is 2. The van der Waals surface area contributed by atoms with E-state index in [1.165, 1.54) is 7.11 Å². The highest BCUT2D eigenvalue weighted by molar-refractivity contribution is 5.82. The molecule has 0 bridgehead atoms. The van der Waals surface area contributed by atoms with Gasteiger partial charge >= 0.3 is 11.8 Å². The summed E-state index contributed by atoms with van der Waals surface area (Å²) in [6.07, 6.45) is 0.598. The number of nitrogens with one attached hydrogen (secondary N) is 2. The van der Waals surface area contributed by atoms with Crippen LogP contribution in [0.1, 0.15) is 24.8 Å². The fourth-order valence-electron chi connectivity index (χ4n) is 3.32. The molecule has 2 aliphatic rings. The van der Waals surface area contributed by atoms with Gasteiger partial charge in [0.2, 0.25) is 5.91 Å². The fraction of sp³-hybridized carbons (Fsp3) is 0.611. The van der Waals surface area contributed by atoms with Crippen LogP contribution < -0.4 is 20.1 Å². The van der Waals surface area contributed by atoms with Gasteiger partial charge in [-0.1, -0.05) is 0 Å². The molecule has 28 heavy (non-hydrogen) atoms. The molecule has 156 valence electrons. The summed E-state index contributed by atoms with van der Waals surface area (Å²) < 4.78 is 76.8. The second-order valence-corrected chi connectivity index (χ2v) is 7.00. The van der Waals surface area contributed by atoms with Crippen LogP contribution in [0.15, 0.2) is 12.1 Å². The molecule has 3 rings (SSSR count). The Balaban J connectivity index is 1.62. The zero-order valence-electron chi connectivity index (χ0n) is 15.2. The van der Waals surface area contributed by atoms with E-state index in [-0.39, 0.29) is 30.0 Å². The predicted octanol–water partition coefficient (Wildman–Crippen LogP) is 2.87. The number of amides is 1. The highest BCUT2D eigenvalue weighted by atomic mass is 19.3. The molecule has 1 saturated heterocycles. The molecule has 10 heteroatoms. The van der Waals surface area contributed by atoms with Gasteiger partial charge in [-0.2, -0.15) is 17.6 Å². The molecule has 1 aliphatic heterocycles. The highest BCUT2D eigenvalue weighted by Gasteiger charge is 2.71. The first-order chi connectivity index (χ1) is 13.2. The van der Waals surface area contributed by atoms with Gasteiger partial charge in [-0.05, 0) is 25.5 Å². The van der Waals surface area contributed by atoms with Crippen molar-refractivity contribution in [3.63, 3.8) is 0 Å². The summed E-state index contributed by atoms with van der Waals surface area (Å²) in [5.41, 5.74) is 0.333. The standard InChI is InChI=1S/C18H21F5N2O3/c1-27-14-6-15(28-9-11-7-17(20,21)18(11,22)23)12(19)5-10(14)8-25-16(26)13-3-2-4-24-13/h5-6,11,13,24H,2-4,7-9H2,1H3,(H,25,26). The summed E-state index contributed by atoms with van der Waals surface area (Å²) in [5, 5.41) is 5.72. The molecule has 1 aromatic rings. The Labute approximate surface area is 158 Å². The Bertz CT molecular complexity index is 738. The fourth-order valence-corrected chi connectivity index (χ4v) is 3.32. The van der Waals surface area contributed by atoms with Crippen LogP contribution in [-0.4, -0.2) is 44.1 Å². The van der Waals surface area contributed by atoms with Crippen molar-refractivity contribution >= 4 is 5.91 Å². The van der Waals surface area contributed by atoms with Gasteiger partial charge in [0, 0.05) is 24.6 Å². The van der Waals surface area contributed by atoms with Crippen molar-refractivity contribution in [2.24, 2.45) is 5.92 Å². The maximum absolute atomic E-state index is 14.3. The van der Waals surface area contributed by atoms with E-state index in [1.807, 2.05) is 0 Å². The van der Waals surface area contributed by atoms with Gasteiger partial charge in [0.25, 0.3) is 0 Å². The third kappa shape index (κ3) is 3.87. The van der Waals surface area contributed by atoms with Gasteiger partial charge in [-0.25, -0.2) is 4.39 Å². The van der Waals surface area contributed by atoms with Gasteiger partial charge in [-0.15, -0.1) is 0 Å².